The summed E-state index contributed by atoms with van der Waals surface area (Å²) in [6.45, 7) is 1.53. The Hall–Kier alpha value is -4.10. The number of nitriles is 1. The van der Waals surface area contributed by atoms with E-state index in [2.05, 4.69) is 10.6 Å². The number of nitrogens with one attached hydrogen (secondary N) is 2. The number of halogens is 3. The van der Waals surface area contributed by atoms with Gasteiger partial charge in [-0.3, -0.25) is 14.6 Å². The van der Waals surface area contributed by atoms with Crippen LogP contribution in [-0.2, 0) is 11.3 Å². The molecule has 200 valence electrons. The summed E-state index contributed by atoms with van der Waals surface area (Å²) >= 11 is 12.2. The first-order chi connectivity index (χ1) is 18.6. The fourth-order valence-electron chi connectivity index (χ4n) is 4.00. The maximum atomic E-state index is 15.4. The summed E-state index contributed by atoms with van der Waals surface area (Å²) in [6, 6.07) is 17.6. The van der Waals surface area contributed by atoms with Crippen LogP contribution in [0.2, 0.25) is 10.0 Å². The van der Waals surface area contributed by atoms with Crippen molar-refractivity contribution in [2.45, 2.75) is 19.5 Å². The molecule has 2 amide bonds. The minimum absolute atomic E-state index is 0.0000219. The van der Waals surface area contributed by atoms with E-state index in [1.807, 2.05) is 24.3 Å². The zero-order valence-electron chi connectivity index (χ0n) is 21.3. The van der Waals surface area contributed by atoms with Crippen molar-refractivity contribution in [1.29, 1.82) is 5.26 Å². The maximum Gasteiger partial charge on any atom is 0.270 e. The molecule has 0 aliphatic carbocycles. The topological polar surface area (TPSA) is 99.4 Å². The van der Waals surface area contributed by atoms with Gasteiger partial charge in [0.05, 0.1) is 28.2 Å². The normalized spacial score (nSPS) is 11.6. The van der Waals surface area contributed by atoms with Crippen molar-refractivity contribution in [1.82, 2.24) is 15.3 Å². The molecule has 0 unspecified atom stereocenters. The number of hydrogen-bond donors (Lipinski definition) is 2. The lowest BCUT2D eigenvalue weighted by molar-refractivity contribution is -0.121. The van der Waals surface area contributed by atoms with Crippen LogP contribution >= 0.6 is 23.2 Å². The number of carbonyl (C=O) groups is 2. The van der Waals surface area contributed by atoms with Crippen LogP contribution in [0.4, 0.5) is 4.39 Å². The number of para-hydroxylation sites is 1. The molecule has 4 aromatic rings. The fraction of sp³-hybridized carbons (Fsp3) is 0.179. The van der Waals surface area contributed by atoms with Crippen molar-refractivity contribution >= 4 is 45.9 Å². The van der Waals surface area contributed by atoms with Gasteiger partial charge in [0.2, 0.25) is 0 Å². The van der Waals surface area contributed by atoms with Gasteiger partial charge in [0.15, 0.2) is 11.6 Å². The van der Waals surface area contributed by atoms with E-state index in [4.69, 9.17) is 33.2 Å². The SMILES string of the molecule is CN[C@@H](C)C(=O)N(C)n1c(C(=O)NCc2ccc(Cl)c(Oc3cc(Cl)cc(C#N)c3)c2F)cc2ccccc21. The van der Waals surface area contributed by atoms with E-state index in [1.165, 1.54) is 40.0 Å². The smallest absolute Gasteiger partial charge is 0.270 e. The number of fused-ring (bicyclic) bond motifs is 1. The summed E-state index contributed by atoms with van der Waals surface area (Å²) in [7, 11) is 3.25. The number of aromatic nitrogens is 1. The number of nitrogens with zero attached hydrogens (tertiary/aromatic N) is 3. The Balaban J connectivity index is 1.61. The molecule has 1 aromatic heterocycles. The highest BCUT2D eigenvalue weighted by Crippen LogP contribution is 2.35. The highest BCUT2D eigenvalue weighted by Gasteiger charge is 2.24. The lowest BCUT2D eigenvalue weighted by Gasteiger charge is -2.25. The molecule has 0 bridgehead atoms. The molecule has 0 aliphatic heterocycles. The third-order valence-corrected chi connectivity index (χ3v) is 6.64. The highest BCUT2D eigenvalue weighted by molar-refractivity contribution is 6.32. The van der Waals surface area contributed by atoms with Crippen molar-refractivity contribution in [3.05, 3.63) is 93.3 Å². The average molecular weight is 568 g/mol. The first-order valence-corrected chi connectivity index (χ1v) is 12.6. The molecule has 0 aliphatic rings. The Morgan fingerprint density at radius 1 is 1.15 bits per heavy atom. The van der Waals surface area contributed by atoms with Crippen LogP contribution in [0.5, 0.6) is 11.5 Å². The molecule has 1 atom stereocenters. The molecule has 0 saturated carbocycles. The van der Waals surface area contributed by atoms with Crippen molar-refractivity contribution < 1.29 is 18.7 Å². The first kappa shape index (κ1) is 27.9. The monoisotopic (exact) mass is 567 g/mol. The summed E-state index contributed by atoms with van der Waals surface area (Å²) in [6.07, 6.45) is 0. The predicted molar refractivity (Wildman–Crippen MR) is 148 cm³/mol. The van der Waals surface area contributed by atoms with Crippen LogP contribution in [0.3, 0.4) is 0 Å². The summed E-state index contributed by atoms with van der Waals surface area (Å²) in [5.41, 5.74) is 1.21. The van der Waals surface area contributed by atoms with E-state index in [0.29, 0.717) is 5.52 Å². The predicted octanol–water partition coefficient (Wildman–Crippen LogP) is 5.38. The Kier molecular flexibility index (Phi) is 8.41. The van der Waals surface area contributed by atoms with Gasteiger partial charge in [-0.15, -0.1) is 0 Å². The van der Waals surface area contributed by atoms with E-state index in [9.17, 15) is 9.59 Å². The first-order valence-electron chi connectivity index (χ1n) is 11.8. The van der Waals surface area contributed by atoms with Gasteiger partial charge in [-0.1, -0.05) is 47.5 Å². The molecule has 11 heteroatoms. The third kappa shape index (κ3) is 5.83. The highest BCUT2D eigenvalue weighted by atomic mass is 35.5. The van der Waals surface area contributed by atoms with E-state index >= 15 is 4.39 Å². The van der Waals surface area contributed by atoms with Crippen LogP contribution in [0, 0.1) is 17.1 Å². The summed E-state index contributed by atoms with van der Waals surface area (Å²) in [5, 5.41) is 17.1. The molecule has 3 aromatic carbocycles. The lowest BCUT2D eigenvalue weighted by Crippen LogP contribution is -2.48. The van der Waals surface area contributed by atoms with Gasteiger partial charge in [-0.05, 0) is 50.4 Å². The van der Waals surface area contributed by atoms with Crippen LogP contribution in [0.25, 0.3) is 10.9 Å². The molecule has 0 fully saturated rings. The quantitative estimate of drug-likeness (QED) is 0.297. The zero-order valence-corrected chi connectivity index (χ0v) is 22.8. The van der Waals surface area contributed by atoms with Crippen molar-refractivity contribution in [2.75, 3.05) is 19.1 Å². The second-order valence-electron chi connectivity index (χ2n) is 8.69. The third-order valence-electron chi connectivity index (χ3n) is 6.13. The molecular weight excluding hydrogens is 544 g/mol. The second kappa shape index (κ2) is 11.7. The van der Waals surface area contributed by atoms with Gasteiger partial charge in [0.25, 0.3) is 11.8 Å². The van der Waals surface area contributed by atoms with Crippen molar-refractivity contribution in [3.63, 3.8) is 0 Å². The molecule has 0 radical (unpaired) electrons. The standard InChI is InChI=1S/C28H24Cl2FN5O3/c1-16(33-2)28(38)35(3)36-23-7-5-4-6-18(23)12-24(36)27(37)34-15-19-8-9-22(30)26(25(19)31)39-21-11-17(14-32)10-20(29)13-21/h4-13,16,33H,15H2,1-3H3,(H,34,37)/t16-/m0/s1. The van der Waals surface area contributed by atoms with E-state index in [1.54, 1.807) is 33.2 Å². The summed E-state index contributed by atoms with van der Waals surface area (Å²) < 4.78 is 22.6. The Morgan fingerprint density at radius 2 is 1.90 bits per heavy atom. The largest absolute Gasteiger partial charge is 0.453 e. The summed E-state index contributed by atoms with van der Waals surface area (Å²) in [4.78, 5) is 26.2. The van der Waals surface area contributed by atoms with E-state index in [0.717, 1.165) is 5.39 Å². The molecule has 1 heterocycles. The Labute approximate surface area is 234 Å². The van der Waals surface area contributed by atoms with Crippen LogP contribution in [-0.4, -0.2) is 36.6 Å². The molecular formula is C28H24Cl2FN5O3. The van der Waals surface area contributed by atoms with Crippen molar-refractivity contribution in [3.8, 4) is 17.6 Å². The Morgan fingerprint density at radius 3 is 2.62 bits per heavy atom. The number of hydrogen-bond acceptors (Lipinski definition) is 5. The lowest BCUT2D eigenvalue weighted by atomic mass is 10.2. The van der Waals surface area contributed by atoms with Crippen LogP contribution in [0.1, 0.15) is 28.5 Å². The van der Waals surface area contributed by atoms with Crippen molar-refractivity contribution in [2.24, 2.45) is 0 Å². The Bertz CT molecular complexity index is 1620. The number of likely N-dealkylation sites (N-methyl/N-ethyl adjacent to an activating group) is 2. The maximum absolute atomic E-state index is 15.4. The number of amides is 2. The van der Waals surface area contributed by atoms with Crippen LogP contribution < -0.4 is 20.4 Å². The van der Waals surface area contributed by atoms with Gasteiger partial charge in [0.1, 0.15) is 11.4 Å². The van der Waals surface area contributed by atoms with Gasteiger partial charge in [-0.2, -0.15) is 5.26 Å². The molecule has 0 spiro atoms. The number of carbonyl (C=O) groups excluding carboxylic acids is 2. The van der Waals surface area contributed by atoms with Gasteiger partial charge in [-0.25, -0.2) is 9.07 Å². The number of ether oxygens (including phenoxy) is 1. The minimum atomic E-state index is -0.781. The number of rotatable bonds is 8. The number of benzene rings is 3. The molecule has 0 saturated heterocycles. The van der Waals surface area contributed by atoms with Gasteiger partial charge >= 0.3 is 0 Å². The fourth-order valence-corrected chi connectivity index (χ4v) is 4.41. The van der Waals surface area contributed by atoms with Gasteiger partial charge < -0.3 is 15.4 Å². The van der Waals surface area contributed by atoms with Gasteiger partial charge in [0, 0.05) is 29.6 Å². The van der Waals surface area contributed by atoms with Crippen LogP contribution in [0.15, 0.2) is 60.7 Å². The average Bonchev–Trinajstić information content (AvgIpc) is 3.32. The van der Waals surface area contributed by atoms with E-state index < -0.39 is 17.8 Å². The molecule has 2 N–H and O–H groups in total. The summed E-state index contributed by atoms with van der Waals surface area (Å²) in [5.74, 6) is -1.69. The minimum Gasteiger partial charge on any atom is -0.453 e. The second-order valence-corrected chi connectivity index (χ2v) is 9.54. The molecule has 39 heavy (non-hydrogen) atoms. The zero-order chi connectivity index (χ0) is 28.3. The van der Waals surface area contributed by atoms with E-state index in [-0.39, 0.29) is 50.8 Å². The molecule has 8 nitrogen and oxygen atoms in total. The molecule has 4 rings (SSSR count).